The quantitative estimate of drug-likeness (QED) is 0.683. The predicted octanol–water partition coefficient (Wildman–Crippen LogP) is 3.06. The van der Waals surface area contributed by atoms with Crippen LogP contribution in [0.5, 0.6) is 0 Å². The molecule has 0 aliphatic carbocycles. The van der Waals surface area contributed by atoms with Crippen LogP contribution >= 0.6 is 34.8 Å². The van der Waals surface area contributed by atoms with E-state index in [1.807, 2.05) is 11.8 Å². The summed E-state index contributed by atoms with van der Waals surface area (Å²) in [4.78, 5) is 1.96. The number of nitrogens with zero attached hydrogens (tertiary/aromatic N) is 3. The van der Waals surface area contributed by atoms with Crippen molar-refractivity contribution in [2.24, 2.45) is 5.10 Å². The molecule has 1 rings (SSSR count). The van der Waals surface area contributed by atoms with Gasteiger partial charge in [0.25, 0.3) is 0 Å². The Bertz CT molecular complexity index is 254. The second-order valence-electron chi connectivity index (χ2n) is 4.48. The summed E-state index contributed by atoms with van der Waals surface area (Å²) < 4.78 is -1.38. The van der Waals surface area contributed by atoms with Gasteiger partial charge < -0.3 is 4.90 Å². The fourth-order valence-corrected chi connectivity index (χ4v) is 2.17. The van der Waals surface area contributed by atoms with E-state index in [0.29, 0.717) is 6.54 Å². The van der Waals surface area contributed by atoms with Crippen LogP contribution in [0.2, 0.25) is 0 Å². The molecule has 6 heteroatoms. The normalized spacial score (nSPS) is 22.7. The molecule has 1 aliphatic rings. The monoisotopic (exact) mass is 271 g/mol. The minimum absolute atomic E-state index is 0.123. The Morgan fingerprint density at radius 2 is 1.80 bits per heavy atom. The van der Waals surface area contributed by atoms with Crippen molar-refractivity contribution in [3.63, 3.8) is 0 Å². The average Bonchev–Trinajstić information content (AvgIpc) is 2.44. The van der Waals surface area contributed by atoms with Crippen LogP contribution < -0.4 is 0 Å². The second kappa shape index (κ2) is 4.19. The summed E-state index contributed by atoms with van der Waals surface area (Å²) in [6.07, 6.45) is 1.39. The molecule has 0 saturated heterocycles. The predicted molar refractivity (Wildman–Crippen MR) is 66.5 cm³/mol. The molecule has 0 saturated carbocycles. The van der Waals surface area contributed by atoms with Crippen molar-refractivity contribution in [3.8, 4) is 0 Å². The fraction of sp³-hybridized carbons (Fsp3) is 0.889. The van der Waals surface area contributed by atoms with Gasteiger partial charge >= 0.3 is 0 Å². The molecule has 88 valence electrons. The maximum Gasteiger partial charge on any atom is 0.230 e. The van der Waals surface area contributed by atoms with Crippen molar-refractivity contribution in [2.45, 2.75) is 43.2 Å². The summed E-state index contributed by atoms with van der Waals surface area (Å²) in [5.41, 5.74) is -0.123. The largest absolute Gasteiger partial charge is 0.331 e. The van der Waals surface area contributed by atoms with E-state index >= 15 is 0 Å². The van der Waals surface area contributed by atoms with Crippen LogP contribution in [0, 0.1) is 0 Å². The second-order valence-corrected chi connectivity index (χ2v) is 6.85. The topological polar surface area (TPSA) is 18.8 Å². The van der Waals surface area contributed by atoms with Gasteiger partial charge in [-0.2, -0.15) is 5.10 Å². The van der Waals surface area contributed by atoms with Gasteiger partial charge in [-0.05, 0) is 27.7 Å². The summed E-state index contributed by atoms with van der Waals surface area (Å²) in [5.74, 6) is 0. The molecule has 15 heavy (non-hydrogen) atoms. The highest BCUT2D eigenvalue weighted by atomic mass is 35.6. The van der Waals surface area contributed by atoms with E-state index in [-0.39, 0.29) is 11.7 Å². The first-order valence-electron chi connectivity index (χ1n) is 4.84. The molecule has 3 nitrogen and oxygen atoms in total. The number of rotatable bonds is 1. The van der Waals surface area contributed by atoms with E-state index in [1.54, 1.807) is 11.3 Å². The Morgan fingerprint density at radius 3 is 2.13 bits per heavy atom. The highest BCUT2D eigenvalue weighted by Gasteiger charge is 2.46. The van der Waals surface area contributed by atoms with E-state index in [1.165, 1.54) is 0 Å². The first-order valence-corrected chi connectivity index (χ1v) is 5.97. The molecule has 0 radical (unpaired) electrons. The molecule has 0 aromatic carbocycles. The highest BCUT2D eigenvalue weighted by Crippen LogP contribution is 2.39. The third kappa shape index (κ3) is 2.83. The Kier molecular flexibility index (Phi) is 3.69. The number of hydrogen-bond acceptors (Lipinski definition) is 3. The third-order valence-electron chi connectivity index (χ3n) is 2.26. The van der Waals surface area contributed by atoms with Crippen LogP contribution in [0.3, 0.4) is 0 Å². The summed E-state index contributed by atoms with van der Waals surface area (Å²) in [6.45, 7) is 8.86. The van der Waals surface area contributed by atoms with Crippen molar-refractivity contribution >= 4 is 41.1 Å². The smallest absolute Gasteiger partial charge is 0.230 e. The van der Waals surface area contributed by atoms with Crippen molar-refractivity contribution < 1.29 is 0 Å². The van der Waals surface area contributed by atoms with Gasteiger partial charge in [-0.1, -0.05) is 34.8 Å². The highest BCUT2D eigenvalue weighted by molar-refractivity contribution is 6.68. The summed E-state index contributed by atoms with van der Waals surface area (Å²) >= 11 is 17.9. The molecule has 0 spiro atoms. The molecule has 0 aromatic rings. The third-order valence-corrected chi connectivity index (χ3v) is 2.85. The molecule has 0 bridgehead atoms. The molecule has 0 fully saturated rings. The first kappa shape index (κ1) is 13.2. The van der Waals surface area contributed by atoms with Crippen LogP contribution in [-0.4, -0.2) is 38.3 Å². The minimum atomic E-state index is -1.38. The number of halogens is 3. The van der Waals surface area contributed by atoms with E-state index in [0.717, 1.165) is 0 Å². The van der Waals surface area contributed by atoms with Crippen molar-refractivity contribution in [1.82, 2.24) is 9.91 Å². The van der Waals surface area contributed by atoms with Gasteiger partial charge in [0.2, 0.25) is 3.79 Å². The van der Waals surface area contributed by atoms with Gasteiger partial charge in [0.1, 0.15) is 6.34 Å². The van der Waals surface area contributed by atoms with Crippen molar-refractivity contribution in [3.05, 3.63) is 0 Å². The fourth-order valence-electron chi connectivity index (χ4n) is 1.51. The maximum atomic E-state index is 5.98. The molecule has 0 amide bonds. The van der Waals surface area contributed by atoms with Crippen LogP contribution in [0.25, 0.3) is 0 Å². The standard InChI is InChI=1S/C9H16Cl3N3/c1-5-15-7(9(10,11)12)14(6-13-15)8(2,3)4/h6-7H,5H2,1-4H3. The van der Waals surface area contributed by atoms with Crippen LogP contribution in [0.15, 0.2) is 5.10 Å². The van der Waals surface area contributed by atoms with Gasteiger partial charge in [0.15, 0.2) is 6.17 Å². The van der Waals surface area contributed by atoms with Crippen molar-refractivity contribution in [2.75, 3.05) is 6.54 Å². The summed E-state index contributed by atoms with van der Waals surface area (Å²) in [6, 6.07) is 0. The van der Waals surface area contributed by atoms with Crippen LogP contribution in [0.1, 0.15) is 27.7 Å². The van der Waals surface area contributed by atoms with E-state index in [4.69, 9.17) is 34.8 Å². The Labute approximate surface area is 106 Å². The number of hydrazone groups is 1. The van der Waals surface area contributed by atoms with E-state index < -0.39 is 3.79 Å². The summed E-state index contributed by atoms with van der Waals surface area (Å²) in [7, 11) is 0. The van der Waals surface area contributed by atoms with Gasteiger partial charge in [-0.15, -0.1) is 0 Å². The molecule has 1 unspecified atom stereocenters. The van der Waals surface area contributed by atoms with Gasteiger partial charge in [0.05, 0.1) is 0 Å². The van der Waals surface area contributed by atoms with Gasteiger partial charge in [-0.25, -0.2) is 0 Å². The SMILES string of the molecule is CCN1N=CN(C(C)(C)C)C1C(Cl)(Cl)Cl. The summed E-state index contributed by atoms with van der Waals surface area (Å²) in [5, 5.41) is 6.01. The van der Waals surface area contributed by atoms with Crippen molar-refractivity contribution in [1.29, 1.82) is 0 Å². The van der Waals surface area contributed by atoms with Crippen LogP contribution in [0.4, 0.5) is 0 Å². The number of alkyl halides is 3. The van der Waals surface area contributed by atoms with E-state index in [2.05, 4.69) is 25.9 Å². The lowest BCUT2D eigenvalue weighted by Gasteiger charge is -2.41. The molecule has 0 aromatic heterocycles. The Hall–Kier alpha value is 0.140. The zero-order valence-electron chi connectivity index (χ0n) is 9.34. The lowest BCUT2D eigenvalue weighted by Crippen LogP contribution is -2.55. The number of hydrogen-bond donors (Lipinski definition) is 0. The molecule has 1 heterocycles. The average molecular weight is 273 g/mol. The molecule has 0 N–H and O–H groups in total. The molecule has 1 aliphatic heterocycles. The van der Waals surface area contributed by atoms with E-state index in [9.17, 15) is 0 Å². The Morgan fingerprint density at radius 1 is 1.27 bits per heavy atom. The lowest BCUT2D eigenvalue weighted by molar-refractivity contribution is 0.0823. The molecular formula is C9H16Cl3N3. The molecule has 1 atom stereocenters. The maximum absolute atomic E-state index is 5.98. The zero-order valence-corrected chi connectivity index (χ0v) is 11.6. The van der Waals surface area contributed by atoms with Crippen LogP contribution in [-0.2, 0) is 0 Å². The lowest BCUT2D eigenvalue weighted by atomic mass is 10.1. The zero-order chi connectivity index (χ0) is 11.9. The Balaban J connectivity index is 2.96. The first-order chi connectivity index (χ1) is 6.68. The minimum Gasteiger partial charge on any atom is -0.331 e. The van der Waals surface area contributed by atoms with Gasteiger partial charge in [-0.3, -0.25) is 5.01 Å². The molecular weight excluding hydrogens is 256 g/mol. The van der Waals surface area contributed by atoms with Gasteiger partial charge in [0, 0.05) is 12.1 Å².